The third-order valence-corrected chi connectivity index (χ3v) is 6.82. The van der Waals surface area contributed by atoms with E-state index >= 15 is 0 Å². The van der Waals surface area contributed by atoms with Gasteiger partial charge in [-0.25, -0.2) is 0 Å². The Labute approximate surface area is 106 Å². The van der Waals surface area contributed by atoms with E-state index in [0.29, 0.717) is 0 Å². The van der Waals surface area contributed by atoms with Gasteiger partial charge in [0, 0.05) is 0 Å². The topological polar surface area (TPSA) is 46.2 Å². The summed E-state index contributed by atoms with van der Waals surface area (Å²) >= 11 is 0. The molecule has 0 atom stereocenters. The Kier molecular flexibility index (Phi) is 4.95. The second-order valence-electron chi connectivity index (χ2n) is 3.19. The van der Waals surface area contributed by atoms with E-state index in [2.05, 4.69) is 0 Å². The van der Waals surface area contributed by atoms with Gasteiger partial charge in [-0.15, -0.1) is 0 Å². The second-order valence-corrected chi connectivity index (χ2v) is 8.46. The van der Waals surface area contributed by atoms with E-state index in [1.54, 1.807) is 0 Å². The molecule has 0 saturated carbocycles. The van der Waals surface area contributed by atoms with Crippen LogP contribution in [0.2, 0.25) is 0 Å². The zero-order chi connectivity index (χ0) is 17.7. The summed E-state index contributed by atoms with van der Waals surface area (Å²) in [5.41, 5.74) is 0. The molecule has 0 aliphatic carbocycles. The van der Waals surface area contributed by atoms with Gasteiger partial charge in [0.1, 0.15) is 0 Å². The number of halogens is 12. The fraction of sp³-hybridized carbons (Fsp3) is 1.00. The van der Waals surface area contributed by atoms with Gasteiger partial charge in [0.25, 0.3) is 0 Å². The summed E-state index contributed by atoms with van der Waals surface area (Å²) in [6, 6.07) is 0. The predicted octanol–water partition coefficient (Wildman–Crippen LogP) is 5.21. The molecule has 0 rings (SSSR count). The van der Waals surface area contributed by atoms with Crippen molar-refractivity contribution in [2.75, 3.05) is 0 Å². The van der Waals surface area contributed by atoms with Crippen molar-refractivity contribution < 1.29 is 61.8 Å². The van der Waals surface area contributed by atoms with Crippen LogP contribution in [-0.2, 0) is 9.13 Å². The van der Waals surface area contributed by atoms with E-state index in [1.165, 1.54) is 0 Å². The molecule has 0 spiro atoms. The molecule has 0 aliphatic rings. The van der Waals surface area contributed by atoms with E-state index < -0.39 is 43.1 Å². The van der Waals surface area contributed by atoms with Gasteiger partial charge in [-0.2, -0.15) is 57.5 Å². The summed E-state index contributed by atoms with van der Waals surface area (Å²) in [5.74, 6) is -28.3. The summed E-state index contributed by atoms with van der Waals surface area (Å²) in [6.45, 7) is 0. The quantitative estimate of drug-likeness (QED) is 0.525. The van der Waals surface area contributed by atoms with E-state index in [1.807, 2.05) is 0 Å². The van der Waals surface area contributed by atoms with Crippen molar-refractivity contribution in [3.63, 3.8) is 0 Å². The highest BCUT2D eigenvalue weighted by atomic mass is 31.2. The van der Waals surface area contributed by atoms with Crippen molar-refractivity contribution in [2.45, 2.75) is 23.7 Å². The molecule has 3 nitrogen and oxygen atoms in total. The van der Waals surface area contributed by atoms with Crippen LogP contribution in [0.15, 0.2) is 0 Å². The number of rotatable bonds is 2. The number of hydrogen-bond acceptors (Lipinski definition) is 2. The van der Waals surface area contributed by atoms with Crippen molar-refractivity contribution >= 4 is 14.6 Å². The molecule has 0 bridgehead atoms. The van der Waals surface area contributed by atoms with Gasteiger partial charge in [-0.3, -0.25) is 9.13 Å². The van der Waals surface area contributed by atoms with Crippen LogP contribution in [0.3, 0.4) is 0 Å². The van der Waals surface area contributed by atoms with Crippen molar-refractivity contribution in [1.82, 2.24) is 4.86 Å². The Morgan fingerprint density at radius 1 is 0.476 bits per heavy atom. The molecule has 0 fully saturated rings. The minimum Gasteiger partial charge on any atom is -0.287 e. The largest absolute Gasteiger partial charge is 0.463 e. The standard InChI is InChI=1S/C4HF12NO2P2/c5-1(6,7)20(18,2(8,9)10)17-21(19,3(11,12)13)4(14,15)16/h(H,17,18,19). The first-order valence-corrected chi connectivity index (χ1v) is 7.39. The first-order valence-electron chi connectivity index (χ1n) is 3.97. The van der Waals surface area contributed by atoms with E-state index in [4.69, 9.17) is 0 Å². The monoisotopic (exact) mass is 385 g/mol. The van der Waals surface area contributed by atoms with E-state index in [-0.39, 0.29) is 0 Å². The molecule has 0 aromatic carbocycles. The number of nitrogens with one attached hydrogen (secondary N) is 1. The summed E-state index contributed by atoms with van der Waals surface area (Å²) in [7, 11) is -16.7. The highest BCUT2D eigenvalue weighted by Gasteiger charge is 2.78. The lowest BCUT2D eigenvalue weighted by Gasteiger charge is -2.30. The summed E-state index contributed by atoms with van der Waals surface area (Å²) < 4.78 is 165. The Morgan fingerprint density at radius 3 is 0.714 bits per heavy atom. The predicted molar refractivity (Wildman–Crippen MR) is 42.6 cm³/mol. The number of alkyl halides is 12. The van der Waals surface area contributed by atoms with Crippen LogP contribution >= 0.6 is 14.6 Å². The first-order chi connectivity index (χ1) is 8.71. The highest BCUT2D eigenvalue weighted by molar-refractivity contribution is 7.79. The van der Waals surface area contributed by atoms with Crippen molar-refractivity contribution in [1.29, 1.82) is 0 Å². The van der Waals surface area contributed by atoms with E-state index in [9.17, 15) is 61.8 Å². The van der Waals surface area contributed by atoms with Gasteiger partial charge in [0.2, 0.25) is 0 Å². The Morgan fingerprint density at radius 2 is 0.619 bits per heavy atom. The molecule has 1 N–H and O–H groups in total. The fourth-order valence-corrected chi connectivity index (χ4v) is 4.69. The molecule has 0 aromatic heterocycles. The molecule has 0 radical (unpaired) electrons. The van der Waals surface area contributed by atoms with Gasteiger partial charge in [0.15, 0.2) is 0 Å². The first kappa shape index (κ1) is 20.6. The van der Waals surface area contributed by atoms with Crippen LogP contribution in [0.25, 0.3) is 0 Å². The third-order valence-electron chi connectivity index (χ3n) is 1.71. The normalized spacial score (nSPS) is 16.2. The van der Waals surface area contributed by atoms with Crippen molar-refractivity contribution in [3.8, 4) is 0 Å². The molecule has 0 unspecified atom stereocenters. The second kappa shape index (κ2) is 5.05. The lowest BCUT2D eigenvalue weighted by atomic mass is 11.5. The minimum absolute atomic E-state index is 1.22. The molecule has 128 valence electrons. The van der Waals surface area contributed by atoms with Crippen LogP contribution in [0, 0.1) is 0 Å². The zero-order valence-electron chi connectivity index (χ0n) is 8.75. The fourth-order valence-electron chi connectivity index (χ4n) is 0.713. The molecule has 0 saturated heterocycles. The maximum absolute atomic E-state index is 12.0. The molecular weight excluding hydrogens is 384 g/mol. The SMILES string of the molecule is O=P(NP(=O)(C(F)(F)F)C(F)(F)F)(C(F)(F)F)C(F)(F)F. The molecule has 21 heavy (non-hydrogen) atoms. The van der Waals surface area contributed by atoms with Crippen LogP contribution in [0.5, 0.6) is 0 Å². The average Bonchev–Trinajstić information content (AvgIpc) is 2.09. The number of hydrogen-bond donors (Lipinski definition) is 1. The zero-order valence-corrected chi connectivity index (χ0v) is 10.5. The lowest BCUT2D eigenvalue weighted by molar-refractivity contribution is -0.102. The smallest absolute Gasteiger partial charge is 0.287 e. The van der Waals surface area contributed by atoms with Gasteiger partial charge >= 0.3 is 38.3 Å². The third kappa shape index (κ3) is 3.50. The van der Waals surface area contributed by atoms with Gasteiger partial charge in [-0.05, 0) is 0 Å². The summed E-state index contributed by atoms with van der Waals surface area (Å²) in [6.07, 6.45) is 0. The molecule has 0 aliphatic heterocycles. The minimum atomic E-state index is -8.35. The summed E-state index contributed by atoms with van der Waals surface area (Å²) in [5, 5.41) is 0. The maximum Gasteiger partial charge on any atom is 0.463 e. The maximum atomic E-state index is 12.0. The van der Waals surface area contributed by atoms with Crippen LogP contribution < -0.4 is 4.86 Å². The summed E-state index contributed by atoms with van der Waals surface area (Å²) in [4.78, 5) is -1.22. The lowest BCUT2D eigenvalue weighted by Crippen LogP contribution is -2.38. The van der Waals surface area contributed by atoms with Crippen LogP contribution in [0.1, 0.15) is 0 Å². The van der Waals surface area contributed by atoms with Crippen molar-refractivity contribution in [3.05, 3.63) is 0 Å². The average molecular weight is 385 g/mol. The Hall–Kier alpha value is -0.420. The van der Waals surface area contributed by atoms with E-state index in [0.717, 1.165) is 0 Å². The Balaban J connectivity index is 6.31. The highest BCUT2D eigenvalue weighted by Crippen LogP contribution is 2.79. The molecule has 0 amide bonds. The van der Waals surface area contributed by atoms with Crippen LogP contribution in [-0.4, -0.2) is 23.7 Å². The molecule has 17 heteroatoms. The molecule has 0 heterocycles. The van der Waals surface area contributed by atoms with Gasteiger partial charge in [0.05, 0.1) is 0 Å². The molecular formula is C4HF12NO2P2. The van der Waals surface area contributed by atoms with Crippen molar-refractivity contribution in [2.24, 2.45) is 0 Å². The molecule has 0 aromatic rings. The van der Waals surface area contributed by atoms with Crippen LogP contribution in [0.4, 0.5) is 52.7 Å². The Bertz CT molecular complexity index is 401. The van der Waals surface area contributed by atoms with Gasteiger partial charge < -0.3 is 0 Å². The van der Waals surface area contributed by atoms with Gasteiger partial charge in [-0.1, -0.05) is 0 Å².